The molecule has 2 fully saturated rings. The molecule has 2 aliphatic rings. The molecule has 1 aromatic rings. The molecular weight excluding hydrogens is 337 g/mol. The molecule has 1 aromatic carbocycles. The van der Waals surface area contributed by atoms with Crippen LogP contribution in [0.5, 0.6) is 5.75 Å². The third-order valence-corrected chi connectivity index (χ3v) is 5.16. The van der Waals surface area contributed by atoms with Crippen LogP contribution in [0.25, 0.3) is 0 Å². The average molecular weight is 363 g/mol. The fourth-order valence-corrected chi connectivity index (χ4v) is 3.73. The van der Waals surface area contributed by atoms with Crippen LogP contribution in [0, 0.1) is 11.7 Å². The minimum Gasteiger partial charge on any atom is -0.496 e. The fourth-order valence-electron chi connectivity index (χ4n) is 3.73. The maximum absolute atomic E-state index is 14.2. The van der Waals surface area contributed by atoms with E-state index in [2.05, 4.69) is 10.6 Å². The van der Waals surface area contributed by atoms with Crippen molar-refractivity contribution in [2.45, 2.75) is 31.7 Å². The number of ether oxygens (including phenoxy) is 1. The Hall–Kier alpha value is -2.15. The van der Waals surface area contributed by atoms with Crippen molar-refractivity contribution in [2.24, 2.45) is 5.92 Å². The predicted octanol–water partition coefficient (Wildman–Crippen LogP) is 1.55. The van der Waals surface area contributed by atoms with Crippen LogP contribution in [0.3, 0.4) is 0 Å². The summed E-state index contributed by atoms with van der Waals surface area (Å²) in [6.07, 6.45) is 3.67. The summed E-state index contributed by atoms with van der Waals surface area (Å²) in [4.78, 5) is 26.6. The zero-order chi connectivity index (χ0) is 18.5. The van der Waals surface area contributed by atoms with Gasteiger partial charge in [0.25, 0.3) is 5.91 Å². The molecule has 2 amide bonds. The lowest BCUT2D eigenvalue weighted by Crippen LogP contribution is -2.46. The number of hydrogen-bond donors (Lipinski definition) is 2. The smallest absolute Gasteiger partial charge is 0.260 e. The van der Waals surface area contributed by atoms with E-state index < -0.39 is 5.82 Å². The quantitative estimate of drug-likeness (QED) is 0.833. The molecule has 0 saturated carbocycles. The number of nitrogens with one attached hydrogen (secondary N) is 2. The Kier molecular flexibility index (Phi) is 6.08. The van der Waals surface area contributed by atoms with Crippen LogP contribution in [0.4, 0.5) is 4.39 Å². The van der Waals surface area contributed by atoms with Crippen molar-refractivity contribution >= 4 is 11.8 Å². The van der Waals surface area contributed by atoms with E-state index in [4.69, 9.17) is 4.74 Å². The number of rotatable bonds is 5. The average Bonchev–Trinajstić information content (AvgIpc) is 3.20. The van der Waals surface area contributed by atoms with Gasteiger partial charge in [0.1, 0.15) is 17.1 Å². The number of likely N-dealkylation sites (tertiary alicyclic amines) is 1. The van der Waals surface area contributed by atoms with Gasteiger partial charge in [0, 0.05) is 19.6 Å². The first-order chi connectivity index (χ1) is 12.6. The van der Waals surface area contributed by atoms with E-state index >= 15 is 0 Å². The number of hydrogen-bond acceptors (Lipinski definition) is 4. The monoisotopic (exact) mass is 363 g/mol. The van der Waals surface area contributed by atoms with E-state index in [0.29, 0.717) is 19.6 Å². The Balaban J connectivity index is 1.59. The van der Waals surface area contributed by atoms with E-state index in [-0.39, 0.29) is 35.1 Å². The highest BCUT2D eigenvalue weighted by Crippen LogP contribution is 2.25. The molecule has 6 nitrogen and oxygen atoms in total. The molecule has 3 rings (SSSR count). The minimum atomic E-state index is -0.572. The van der Waals surface area contributed by atoms with Crippen LogP contribution in [-0.4, -0.2) is 56.0 Å². The van der Waals surface area contributed by atoms with Crippen molar-refractivity contribution < 1.29 is 18.7 Å². The van der Waals surface area contributed by atoms with Crippen molar-refractivity contribution in [3.8, 4) is 5.75 Å². The van der Waals surface area contributed by atoms with E-state index in [9.17, 15) is 14.0 Å². The lowest BCUT2D eigenvalue weighted by molar-refractivity contribution is -0.123. The zero-order valence-electron chi connectivity index (χ0n) is 15.1. The zero-order valence-corrected chi connectivity index (χ0v) is 15.1. The van der Waals surface area contributed by atoms with Gasteiger partial charge in [-0.1, -0.05) is 6.07 Å². The topological polar surface area (TPSA) is 70.7 Å². The van der Waals surface area contributed by atoms with Crippen LogP contribution in [0.15, 0.2) is 18.2 Å². The molecule has 2 saturated heterocycles. The van der Waals surface area contributed by atoms with Crippen molar-refractivity contribution in [1.82, 2.24) is 15.5 Å². The number of carbonyl (C=O) groups excluding carboxylic acids is 2. The first kappa shape index (κ1) is 18.6. The highest BCUT2D eigenvalue weighted by atomic mass is 19.1. The Morgan fingerprint density at radius 3 is 2.92 bits per heavy atom. The number of amides is 2. The van der Waals surface area contributed by atoms with Gasteiger partial charge >= 0.3 is 0 Å². The maximum Gasteiger partial charge on any atom is 0.260 e. The van der Waals surface area contributed by atoms with Crippen LogP contribution in [0.2, 0.25) is 0 Å². The standard InChI is InChI=1S/C19H26FN3O3/c1-26-16-8-2-6-14(20)17(16)19(25)23-10-4-5-13(12-23)11-22-18(24)15-7-3-9-21-15/h2,6,8,13,15,21H,3-5,7,9-12H2,1H3,(H,22,24). The summed E-state index contributed by atoms with van der Waals surface area (Å²) < 4.78 is 19.3. The molecule has 0 spiro atoms. The molecule has 0 radical (unpaired) electrons. The lowest BCUT2D eigenvalue weighted by atomic mass is 9.97. The summed E-state index contributed by atoms with van der Waals surface area (Å²) in [7, 11) is 1.43. The van der Waals surface area contributed by atoms with Crippen molar-refractivity contribution in [1.29, 1.82) is 0 Å². The number of benzene rings is 1. The summed E-state index contributed by atoms with van der Waals surface area (Å²) >= 11 is 0. The summed E-state index contributed by atoms with van der Waals surface area (Å²) in [6.45, 7) is 2.52. The van der Waals surface area contributed by atoms with Gasteiger partial charge < -0.3 is 20.3 Å². The highest BCUT2D eigenvalue weighted by Gasteiger charge is 2.29. The molecule has 7 heteroatoms. The summed E-state index contributed by atoms with van der Waals surface area (Å²) in [5, 5.41) is 6.17. The molecule has 26 heavy (non-hydrogen) atoms. The molecule has 2 aliphatic heterocycles. The SMILES string of the molecule is COc1cccc(F)c1C(=O)N1CCCC(CNC(=O)C2CCCN2)C1. The Morgan fingerprint density at radius 2 is 2.19 bits per heavy atom. The Bertz CT molecular complexity index is 661. The minimum absolute atomic E-state index is 0.0187. The number of carbonyl (C=O) groups is 2. The molecule has 0 bridgehead atoms. The van der Waals surface area contributed by atoms with Crippen LogP contribution < -0.4 is 15.4 Å². The Morgan fingerprint density at radius 1 is 1.35 bits per heavy atom. The van der Waals surface area contributed by atoms with Crippen molar-refractivity contribution in [2.75, 3.05) is 33.3 Å². The van der Waals surface area contributed by atoms with E-state index in [1.165, 1.54) is 19.2 Å². The summed E-state index contributed by atoms with van der Waals surface area (Å²) in [5.41, 5.74) is -0.0187. The van der Waals surface area contributed by atoms with Crippen molar-refractivity contribution in [3.05, 3.63) is 29.6 Å². The van der Waals surface area contributed by atoms with Gasteiger partial charge in [-0.2, -0.15) is 0 Å². The van der Waals surface area contributed by atoms with E-state index in [1.807, 2.05) is 0 Å². The first-order valence-electron chi connectivity index (χ1n) is 9.23. The maximum atomic E-state index is 14.2. The molecular formula is C19H26FN3O3. The van der Waals surface area contributed by atoms with E-state index in [0.717, 1.165) is 32.2 Å². The number of halogens is 1. The summed E-state index contributed by atoms with van der Waals surface area (Å²) in [6, 6.07) is 4.29. The number of piperidine rings is 1. The Labute approximate surface area is 153 Å². The highest BCUT2D eigenvalue weighted by molar-refractivity contribution is 5.97. The summed E-state index contributed by atoms with van der Waals surface area (Å²) in [5.74, 6) is -0.471. The number of nitrogens with zero attached hydrogens (tertiary/aromatic N) is 1. The van der Waals surface area contributed by atoms with Crippen LogP contribution >= 0.6 is 0 Å². The third kappa shape index (κ3) is 4.15. The second kappa shape index (κ2) is 8.49. The first-order valence-corrected chi connectivity index (χ1v) is 9.23. The lowest BCUT2D eigenvalue weighted by Gasteiger charge is -2.33. The molecule has 142 valence electrons. The fraction of sp³-hybridized carbons (Fsp3) is 0.579. The second-order valence-corrected chi connectivity index (χ2v) is 6.97. The third-order valence-electron chi connectivity index (χ3n) is 5.16. The molecule has 0 aliphatic carbocycles. The van der Waals surface area contributed by atoms with Gasteiger partial charge in [0.05, 0.1) is 13.2 Å². The molecule has 2 N–H and O–H groups in total. The molecule has 2 unspecified atom stereocenters. The largest absolute Gasteiger partial charge is 0.496 e. The predicted molar refractivity (Wildman–Crippen MR) is 95.6 cm³/mol. The van der Waals surface area contributed by atoms with Gasteiger partial charge in [0.2, 0.25) is 5.91 Å². The molecule has 0 aromatic heterocycles. The normalized spacial score (nSPS) is 22.9. The van der Waals surface area contributed by atoms with Gasteiger partial charge in [-0.3, -0.25) is 9.59 Å². The number of methoxy groups -OCH3 is 1. The molecule has 2 heterocycles. The van der Waals surface area contributed by atoms with Gasteiger partial charge in [-0.25, -0.2) is 4.39 Å². The van der Waals surface area contributed by atoms with Gasteiger partial charge in [-0.15, -0.1) is 0 Å². The van der Waals surface area contributed by atoms with Crippen LogP contribution in [-0.2, 0) is 4.79 Å². The van der Waals surface area contributed by atoms with Gasteiger partial charge in [0.15, 0.2) is 0 Å². The van der Waals surface area contributed by atoms with Gasteiger partial charge in [-0.05, 0) is 50.3 Å². The second-order valence-electron chi connectivity index (χ2n) is 6.97. The van der Waals surface area contributed by atoms with Crippen molar-refractivity contribution in [3.63, 3.8) is 0 Å². The van der Waals surface area contributed by atoms with E-state index in [1.54, 1.807) is 11.0 Å². The molecule has 2 atom stereocenters. The van der Waals surface area contributed by atoms with Crippen LogP contribution in [0.1, 0.15) is 36.0 Å².